The van der Waals surface area contributed by atoms with Gasteiger partial charge in [0.1, 0.15) is 10.6 Å². The van der Waals surface area contributed by atoms with Crippen LogP contribution in [0.1, 0.15) is 29.2 Å². The number of carbonyl (C=O) groups excluding carboxylic acids is 1. The minimum absolute atomic E-state index is 0.376. The predicted octanol–water partition coefficient (Wildman–Crippen LogP) is 4.45. The Hall–Kier alpha value is -2.09. The Kier molecular flexibility index (Phi) is 5.25. The first-order valence-corrected chi connectivity index (χ1v) is 7.70. The summed E-state index contributed by atoms with van der Waals surface area (Å²) in [5.74, 6) is 0.169. The van der Waals surface area contributed by atoms with Gasteiger partial charge in [0.15, 0.2) is 5.69 Å². The summed E-state index contributed by atoms with van der Waals surface area (Å²) in [6, 6.07) is 6.44. The van der Waals surface area contributed by atoms with Gasteiger partial charge in [-0.15, -0.1) is 11.3 Å². The Morgan fingerprint density at radius 3 is 2.52 bits per heavy atom. The van der Waals surface area contributed by atoms with Crippen molar-refractivity contribution >= 4 is 22.9 Å². The SMILES string of the molecule is CC(C)COc1ccc(NC(=O)c2scnc2C(F)(F)F)cc1. The second-order valence-corrected chi connectivity index (χ2v) is 6.07. The van der Waals surface area contributed by atoms with Crippen molar-refractivity contribution in [2.45, 2.75) is 20.0 Å². The van der Waals surface area contributed by atoms with Crippen molar-refractivity contribution in [3.05, 3.63) is 40.3 Å². The van der Waals surface area contributed by atoms with Crippen LogP contribution < -0.4 is 10.1 Å². The summed E-state index contributed by atoms with van der Waals surface area (Å²) in [4.78, 5) is 14.7. The number of hydrogen-bond donors (Lipinski definition) is 1. The number of nitrogens with zero attached hydrogens (tertiary/aromatic N) is 1. The molecule has 2 aromatic rings. The molecule has 0 aliphatic carbocycles. The maximum Gasteiger partial charge on any atom is 0.434 e. The number of ether oxygens (including phenoxy) is 1. The molecular formula is C15H15F3N2O2S. The van der Waals surface area contributed by atoms with Gasteiger partial charge in [-0.25, -0.2) is 4.98 Å². The fraction of sp³-hybridized carbons (Fsp3) is 0.333. The number of amides is 1. The van der Waals surface area contributed by atoms with Gasteiger partial charge in [0.25, 0.3) is 5.91 Å². The molecule has 8 heteroatoms. The van der Waals surface area contributed by atoms with E-state index < -0.39 is 22.7 Å². The Balaban J connectivity index is 2.05. The van der Waals surface area contributed by atoms with Crippen LogP contribution in [-0.2, 0) is 6.18 Å². The number of hydrogen-bond acceptors (Lipinski definition) is 4. The van der Waals surface area contributed by atoms with Crippen LogP contribution in [-0.4, -0.2) is 17.5 Å². The highest BCUT2D eigenvalue weighted by Gasteiger charge is 2.38. The first-order valence-electron chi connectivity index (χ1n) is 6.82. The first kappa shape index (κ1) is 17.3. The predicted molar refractivity (Wildman–Crippen MR) is 81.8 cm³/mol. The lowest BCUT2D eigenvalue weighted by Crippen LogP contribution is -2.17. The number of alkyl halides is 3. The van der Waals surface area contributed by atoms with E-state index in [0.29, 0.717) is 35.3 Å². The number of anilines is 1. The fourth-order valence-electron chi connectivity index (χ4n) is 1.69. The fourth-order valence-corrected chi connectivity index (χ4v) is 2.40. The standard InChI is InChI=1S/C15H15F3N2O2S/c1-9(2)7-22-11-5-3-10(4-6-11)20-14(21)12-13(15(16,17)18)19-8-23-12/h3-6,8-9H,7H2,1-2H3,(H,20,21). The molecule has 1 N–H and O–H groups in total. The van der Waals surface area contributed by atoms with Crippen molar-refractivity contribution in [3.63, 3.8) is 0 Å². The molecule has 1 heterocycles. The van der Waals surface area contributed by atoms with Gasteiger partial charge in [-0.2, -0.15) is 13.2 Å². The molecule has 0 saturated carbocycles. The van der Waals surface area contributed by atoms with Gasteiger partial charge in [0.2, 0.25) is 0 Å². The summed E-state index contributed by atoms with van der Waals surface area (Å²) in [7, 11) is 0. The van der Waals surface area contributed by atoms with Gasteiger partial charge in [0.05, 0.1) is 12.1 Å². The number of rotatable bonds is 5. The minimum atomic E-state index is -4.65. The van der Waals surface area contributed by atoms with Crippen LogP contribution in [0.15, 0.2) is 29.8 Å². The highest BCUT2D eigenvalue weighted by atomic mass is 32.1. The van der Waals surface area contributed by atoms with Crippen molar-refractivity contribution in [1.82, 2.24) is 4.98 Å². The van der Waals surface area contributed by atoms with E-state index in [1.807, 2.05) is 13.8 Å². The lowest BCUT2D eigenvalue weighted by Gasteiger charge is -2.10. The molecule has 124 valence electrons. The van der Waals surface area contributed by atoms with Gasteiger partial charge in [0, 0.05) is 5.69 Å². The summed E-state index contributed by atoms with van der Waals surface area (Å²) >= 11 is 0.650. The molecule has 23 heavy (non-hydrogen) atoms. The normalized spacial score (nSPS) is 11.6. The summed E-state index contributed by atoms with van der Waals surface area (Å²) in [5, 5.41) is 2.42. The maximum absolute atomic E-state index is 12.7. The number of aromatic nitrogens is 1. The molecular weight excluding hydrogens is 329 g/mol. The highest BCUT2D eigenvalue weighted by Crippen LogP contribution is 2.33. The Labute approximate surface area is 135 Å². The van der Waals surface area contributed by atoms with E-state index in [-0.39, 0.29) is 0 Å². The number of nitrogens with one attached hydrogen (secondary N) is 1. The molecule has 1 aromatic carbocycles. The van der Waals surface area contributed by atoms with Gasteiger partial charge < -0.3 is 10.1 Å². The molecule has 0 radical (unpaired) electrons. The third-order valence-corrected chi connectivity index (χ3v) is 3.56. The number of thiazole rings is 1. The van der Waals surface area contributed by atoms with Crippen LogP contribution >= 0.6 is 11.3 Å². The van der Waals surface area contributed by atoms with Gasteiger partial charge in [-0.05, 0) is 30.2 Å². The van der Waals surface area contributed by atoms with Crippen LogP contribution in [0.2, 0.25) is 0 Å². The summed E-state index contributed by atoms with van der Waals surface area (Å²) in [5.41, 5.74) is 0.214. The van der Waals surface area contributed by atoms with Crippen molar-refractivity contribution in [1.29, 1.82) is 0 Å². The molecule has 0 aliphatic rings. The Morgan fingerprint density at radius 2 is 1.96 bits per heavy atom. The van der Waals surface area contributed by atoms with E-state index in [9.17, 15) is 18.0 Å². The van der Waals surface area contributed by atoms with E-state index in [2.05, 4.69) is 10.3 Å². The van der Waals surface area contributed by atoms with Crippen LogP contribution in [0, 0.1) is 5.92 Å². The zero-order chi connectivity index (χ0) is 17.0. The van der Waals surface area contributed by atoms with Crippen molar-refractivity contribution < 1.29 is 22.7 Å². The van der Waals surface area contributed by atoms with Crippen molar-refractivity contribution in [2.24, 2.45) is 5.92 Å². The van der Waals surface area contributed by atoms with E-state index >= 15 is 0 Å². The maximum atomic E-state index is 12.7. The molecule has 0 fully saturated rings. The summed E-state index contributed by atoms with van der Waals surface area (Å²) < 4.78 is 43.7. The van der Waals surface area contributed by atoms with Gasteiger partial charge in [-0.3, -0.25) is 4.79 Å². The third kappa shape index (κ3) is 4.69. The second kappa shape index (κ2) is 6.99. The first-order chi connectivity index (χ1) is 10.8. The van der Waals surface area contributed by atoms with Crippen LogP contribution in [0.3, 0.4) is 0 Å². The lowest BCUT2D eigenvalue weighted by atomic mass is 10.2. The molecule has 0 bridgehead atoms. The molecule has 4 nitrogen and oxygen atoms in total. The zero-order valence-electron chi connectivity index (χ0n) is 12.5. The summed E-state index contributed by atoms with van der Waals surface area (Å²) in [6.07, 6.45) is -4.65. The van der Waals surface area contributed by atoms with Crippen LogP contribution in [0.4, 0.5) is 18.9 Å². The van der Waals surface area contributed by atoms with E-state index in [1.165, 1.54) is 0 Å². The molecule has 0 atom stereocenters. The number of carbonyl (C=O) groups is 1. The molecule has 2 rings (SSSR count). The van der Waals surface area contributed by atoms with E-state index in [0.717, 1.165) is 5.51 Å². The molecule has 0 saturated heterocycles. The minimum Gasteiger partial charge on any atom is -0.493 e. The quantitative estimate of drug-likeness (QED) is 0.872. The van der Waals surface area contributed by atoms with Crippen molar-refractivity contribution in [2.75, 3.05) is 11.9 Å². The van der Waals surface area contributed by atoms with Gasteiger partial charge in [-0.1, -0.05) is 13.8 Å². The summed E-state index contributed by atoms with van der Waals surface area (Å²) in [6.45, 7) is 4.59. The average molecular weight is 344 g/mol. The van der Waals surface area contributed by atoms with Gasteiger partial charge >= 0.3 is 6.18 Å². The molecule has 1 aromatic heterocycles. The number of halogens is 3. The molecule has 1 amide bonds. The Bertz CT molecular complexity index is 666. The highest BCUT2D eigenvalue weighted by molar-refractivity contribution is 7.12. The number of benzene rings is 1. The molecule has 0 spiro atoms. The molecule has 0 unspecified atom stereocenters. The van der Waals surface area contributed by atoms with Crippen molar-refractivity contribution in [3.8, 4) is 5.75 Å². The van der Waals surface area contributed by atoms with E-state index in [1.54, 1.807) is 24.3 Å². The van der Waals surface area contributed by atoms with Crippen LogP contribution in [0.5, 0.6) is 5.75 Å². The third-order valence-electron chi connectivity index (χ3n) is 2.74. The zero-order valence-corrected chi connectivity index (χ0v) is 13.3. The largest absolute Gasteiger partial charge is 0.493 e. The smallest absolute Gasteiger partial charge is 0.434 e. The van der Waals surface area contributed by atoms with E-state index in [4.69, 9.17) is 4.74 Å². The monoisotopic (exact) mass is 344 g/mol. The lowest BCUT2D eigenvalue weighted by molar-refractivity contribution is -0.141. The average Bonchev–Trinajstić information content (AvgIpc) is 2.96. The second-order valence-electron chi connectivity index (χ2n) is 5.21. The Morgan fingerprint density at radius 1 is 1.30 bits per heavy atom. The molecule has 0 aliphatic heterocycles. The topological polar surface area (TPSA) is 51.2 Å². The van der Waals surface area contributed by atoms with Crippen LogP contribution in [0.25, 0.3) is 0 Å².